The molecule has 0 radical (unpaired) electrons. The van der Waals surface area contributed by atoms with E-state index in [-0.39, 0.29) is 16.0 Å². The van der Waals surface area contributed by atoms with Crippen molar-refractivity contribution >= 4 is 27.3 Å². The number of halogens is 1. The molecule has 1 atom stereocenters. The van der Waals surface area contributed by atoms with E-state index in [1.165, 1.54) is 13.2 Å². The summed E-state index contributed by atoms with van der Waals surface area (Å²) in [4.78, 5) is 18.1. The number of pyridine rings is 1. The Hall–Kier alpha value is -2.95. The van der Waals surface area contributed by atoms with Gasteiger partial charge in [-0.15, -0.1) is 0 Å². The second-order valence-electron chi connectivity index (χ2n) is 6.99. The van der Waals surface area contributed by atoms with Crippen LogP contribution < -0.4 is 19.9 Å². The summed E-state index contributed by atoms with van der Waals surface area (Å²) in [7, 11) is -2.11. The van der Waals surface area contributed by atoms with Crippen LogP contribution in [0.4, 0.5) is 5.69 Å². The maximum absolute atomic E-state index is 11.9. The number of nitrogens with zero attached hydrogens (tertiary/aromatic N) is 3. The Kier molecular flexibility index (Phi) is 5.94. The van der Waals surface area contributed by atoms with Gasteiger partial charge in [0.2, 0.25) is 15.9 Å². The van der Waals surface area contributed by atoms with Crippen molar-refractivity contribution in [1.82, 2.24) is 19.9 Å². The lowest BCUT2D eigenvalue weighted by atomic mass is 10.1. The summed E-state index contributed by atoms with van der Waals surface area (Å²) in [6.07, 6.45) is 3.79. The first-order valence-electron chi connectivity index (χ1n) is 9.52. The maximum atomic E-state index is 11.9. The summed E-state index contributed by atoms with van der Waals surface area (Å²) in [6.45, 7) is 1.23. The molecular formula is C20H20ClN5O4S. The molecule has 1 saturated heterocycles. The molecule has 1 aromatic carbocycles. The van der Waals surface area contributed by atoms with E-state index >= 15 is 0 Å². The fourth-order valence-corrected chi connectivity index (χ4v) is 4.35. The molecule has 0 saturated carbocycles. The van der Waals surface area contributed by atoms with Crippen molar-refractivity contribution in [2.75, 3.05) is 25.0 Å². The largest absolute Gasteiger partial charge is 0.472 e. The van der Waals surface area contributed by atoms with Gasteiger partial charge < -0.3 is 9.64 Å². The topological polar surface area (TPSA) is 117 Å². The van der Waals surface area contributed by atoms with Crippen molar-refractivity contribution in [3.05, 3.63) is 64.2 Å². The second kappa shape index (κ2) is 8.66. The summed E-state index contributed by atoms with van der Waals surface area (Å²) in [5.41, 5.74) is 1.85. The van der Waals surface area contributed by atoms with Crippen LogP contribution in [0.15, 0.2) is 58.5 Å². The van der Waals surface area contributed by atoms with Gasteiger partial charge in [-0.25, -0.2) is 23.2 Å². The number of hydrogen-bond donors (Lipinski definition) is 2. The number of hydrogen-bond acceptors (Lipinski definition) is 7. The Morgan fingerprint density at radius 2 is 2.00 bits per heavy atom. The molecule has 11 heteroatoms. The molecule has 0 aliphatic carbocycles. The molecule has 0 amide bonds. The molecule has 1 aliphatic heterocycles. The summed E-state index contributed by atoms with van der Waals surface area (Å²) in [5, 5.41) is 6.23. The number of H-pyrrole nitrogens is 1. The van der Waals surface area contributed by atoms with E-state index < -0.39 is 15.6 Å². The number of aromatic amines is 1. The summed E-state index contributed by atoms with van der Waals surface area (Å²) < 4.78 is 32.1. The third-order valence-corrected chi connectivity index (χ3v) is 6.85. The molecule has 31 heavy (non-hydrogen) atoms. The van der Waals surface area contributed by atoms with Gasteiger partial charge in [0.1, 0.15) is 11.1 Å². The van der Waals surface area contributed by atoms with E-state index in [2.05, 4.69) is 19.9 Å². The van der Waals surface area contributed by atoms with Crippen molar-refractivity contribution in [1.29, 1.82) is 0 Å². The highest BCUT2D eigenvalue weighted by Crippen LogP contribution is 2.28. The van der Waals surface area contributed by atoms with Crippen molar-refractivity contribution < 1.29 is 13.2 Å². The highest BCUT2D eigenvalue weighted by molar-refractivity contribution is 7.89. The predicted octanol–water partition coefficient (Wildman–Crippen LogP) is 2.05. The Balaban J connectivity index is 1.47. The molecule has 2 aromatic heterocycles. The Morgan fingerprint density at radius 3 is 2.74 bits per heavy atom. The van der Waals surface area contributed by atoms with Gasteiger partial charge in [0.25, 0.3) is 5.56 Å². The van der Waals surface area contributed by atoms with Gasteiger partial charge in [0.15, 0.2) is 0 Å². The van der Waals surface area contributed by atoms with Crippen LogP contribution in [0.3, 0.4) is 0 Å². The monoisotopic (exact) mass is 461 g/mol. The van der Waals surface area contributed by atoms with Crippen LogP contribution in [0.5, 0.6) is 5.88 Å². The first-order valence-corrected chi connectivity index (χ1v) is 11.4. The fourth-order valence-electron chi connectivity index (χ4n) is 3.41. The third kappa shape index (κ3) is 4.55. The zero-order valence-electron chi connectivity index (χ0n) is 16.6. The van der Waals surface area contributed by atoms with Gasteiger partial charge >= 0.3 is 0 Å². The average Bonchev–Trinajstić information content (AvgIpc) is 3.24. The SMILES string of the molecule is CNS(=O)(=O)c1ccc(-c2ccnc(O[C@@H]3CCN(c4cn[nH]c(=O)c4Cl)C3)c2)cc1. The molecule has 3 aromatic rings. The first-order chi connectivity index (χ1) is 14.9. The molecule has 2 N–H and O–H groups in total. The number of aromatic nitrogens is 3. The molecule has 162 valence electrons. The van der Waals surface area contributed by atoms with Gasteiger partial charge in [-0.3, -0.25) is 4.79 Å². The lowest BCUT2D eigenvalue weighted by Crippen LogP contribution is -2.26. The zero-order valence-corrected chi connectivity index (χ0v) is 18.2. The number of rotatable bonds is 6. The van der Waals surface area contributed by atoms with Crippen LogP contribution in [-0.4, -0.2) is 49.8 Å². The molecule has 1 aliphatic rings. The van der Waals surface area contributed by atoms with Crippen LogP contribution in [0.1, 0.15) is 6.42 Å². The number of benzene rings is 1. The number of sulfonamides is 1. The van der Waals surface area contributed by atoms with E-state index in [0.717, 1.165) is 17.5 Å². The quantitative estimate of drug-likeness (QED) is 0.576. The Bertz CT molecular complexity index is 1250. The highest BCUT2D eigenvalue weighted by atomic mass is 35.5. The lowest BCUT2D eigenvalue weighted by molar-refractivity contribution is 0.216. The Morgan fingerprint density at radius 1 is 1.23 bits per heavy atom. The van der Waals surface area contributed by atoms with Crippen LogP contribution in [-0.2, 0) is 10.0 Å². The van der Waals surface area contributed by atoms with Gasteiger partial charge in [-0.1, -0.05) is 23.7 Å². The second-order valence-corrected chi connectivity index (χ2v) is 9.25. The lowest BCUT2D eigenvalue weighted by Gasteiger charge is -2.19. The number of ether oxygens (including phenoxy) is 1. The van der Waals surface area contributed by atoms with Crippen molar-refractivity contribution in [2.24, 2.45) is 0 Å². The first kappa shape index (κ1) is 21.3. The van der Waals surface area contributed by atoms with Gasteiger partial charge in [0.05, 0.1) is 23.3 Å². The van der Waals surface area contributed by atoms with Crippen molar-refractivity contribution in [3.63, 3.8) is 0 Å². The van der Waals surface area contributed by atoms with E-state index in [9.17, 15) is 13.2 Å². The third-order valence-electron chi connectivity index (χ3n) is 5.05. The van der Waals surface area contributed by atoms with Gasteiger partial charge in [-0.05, 0) is 36.4 Å². The van der Waals surface area contributed by atoms with Crippen molar-refractivity contribution in [2.45, 2.75) is 17.4 Å². The average molecular weight is 462 g/mol. The fraction of sp³-hybridized carbons (Fsp3) is 0.250. The minimum absolute atomic E-state index is 0.111. The predicted molar refractivity (Wildman–Crippen MR) is 117 cm³/mol. The number of nitrogens with one attached hydrogen (secondary N) is 2. The molecular weight excluding hydrogens is 442 g/mol. The summed E-state index contributed by atoms with van der Waals surface area (Å²) in [6, 6.07) is 10.2. The standard InChI is InChI=1S/C20H20ClN5O4S/c1-22-31(28,29)16-4-2-13(3-5-16)14-6-8-23-18(10-14)30-15-7-9-26(12-15)17-11-24-25-20(27)19(17)21/h2-6,8,10-11,15,22H,7,9,12H2,1H3,(H,25,27)/t15-/m1/s1. The molecule has 4 rings (SSSR count). The van der Waals surface area contributed by atoms with Crippen molar-refractivity contribution in [3.8, 4) is 17.0 Å². The normalized spacial score (nSPS) is 16.5. The van der Waals surface area contributed by atoms with E-state index in [4.69, 9.17) is 16.3 Å². The summed E-state index contributed by atoms with van der Waals surface area (Å²) in [5.74, 6) is 0.464. The smallest absolute Gasteiger partial charge is 0.285 e. The molecule has 0 bridgehead atoms. The minimum Gasteiger partial charge on any atom is -0.472 e. The molecule has 1 fully saturated rings. The molecule has 3 heterocycles. The van der Waals surface area contributed by atoms with E-state index in [1.54, 1.807) is 30.5 Å². The summed E-state index contributed by atoms with van der Waals surface area (Å²) >= 11 is 6.10. The molecule has 9 nitrogen and oxygen atoms in total. The van der Waals surface area contributed by atoms with Gasteiger partial charge in [-0.2, -0.15) is 5.10 Å². The van der Waals surface area contributed by atoms with Gasteiger partial charge in [0, 0.05) is 25.2 Å². The minimum atomic E-state index is -3.48. The van der Waals surface area contributed by atoms with E-state index in [1.807, 2.05) is 17.0 Å². The molecule has 0 spiro atoms. The molecule has 0 unspecified atom stereocenters. The van der Waals surface area contributed by atoms with Crippen LogP contribution in [0.2, 0.25) is 5.02 Å². The zero-order chi connectivity index (χ0) is 22.0. The number of anilines is 1. The van der Waals surface area contributed by atoms with Crippen LogP contribution >= 0.6 is 11.6 Å². The Labute approximate surface area is 184 Å². The van der Waals surface area contributed by atoms with Crippen LogP contribution in [0.25, 0.3) is 11.1 Å². The van der Waals surface area contributed by atoms with Crippen LogP contribution in [0, 0.1) is 0 Å². The highest BCUT2D eigenvalue weighted by Gasteiger charge is 2.27. The van der Waals surface area contributed by atoms with E-state index in [0.29, 0.717) is 24.7 Å². The maximum Gasteiger partial charge on any atom is 0.285 e.